The fourth-order valence-electron chi connectivity index (χ4n) is 2.31. The number of aryl methyl sites for hydroxylation is 2. The van der Waals surface area contributed by atoms with Crippen LogP contribution >= 0.6 is 0 Å². The van der Waals surface area contributed by atoms with Crippen LogP contribution in [0.4, 0.5) is 0 Å². The summed E-state index contributed by atoms with van der Waals surface area (Å²) in [4.78, 5) is 0. The number of hydrogen-bond acceptors (Lipinski definition) is 1. The molecule has 1 aliphatic rings. The van der Waals surface area contributed by atoms with E-state index >= 15 is 0 Å². The van der Waals surface area contributed by atoms with Crippen LogP contribution in [0.5, 0.6) is 0 Å². The van der Waals surface area contributed by atoms with Gasteiger partial charge in [-0.1, -0.05) is 31.5 Å². The van der Waals surface area contributed by atoms with Crippen LogP contribution in [0.15, 0.2) is 18.2 Å². The maximum Gasteiger partial charge on any atom is 0.0213 e. The van der Waals surface area contributed by atoms with Crippen molar-refractivity contribution in [1.82, 2.24) is 5.32 Å². The minimum Gasteiger partial charge on any atom is -0.310 e. The van der Waals surface area contributed by atoms with E-state index in [4.69, 9.17) is 0 Å². The Hall–Kier alpha value is -0.820. The van der Waals surface area contributed by atoms with Gasteiger partial charge in [-0.25, -0.2) is 0 Å². The van der Waals surface area contributed by atoms with Gasteiger partial charge in [0.2, 0.25) is 0 Å². The Morgan fingerprint density at radius 1 is 1.27 bits per heavy atom. The minimum absolute atomic E-state index is 0.786. The summed E-state index contributed by atoms with van der Waals surface area (Å²) < 4.78 is 0. The molecule has 15 heavy (non-hydrogen) atoms. The lowest BCUT2D eigenvalue weighted by Crippen LogP contribution is -2.18. The lowest BCUT2D eigenvalue weighted by atomic mass is 10.0. The summed E-state index contributed by atoms with van der Waals surface area (Å²) >= 11 is 0. The maximum atomic E-state index is 3.66. The van der Waals surface area contributed by atoms with Crippen molar-refractivity contribution in [2.24, 2.45) is 5.92 Å². The van der Waals surface area contributed by atoms with E-state index in [9.17, 15) is 0 Å². The van der Waals surface area contributed by atoms with Gasteiger partial charge in [-0.15, -0.1) is 0 Å². The molecule has 0 heterocycles. The van der Waals surface area contributed by atoms with Crippen molar-refractivity contribution in [3.05, 3.63) is 34.9 Å². The van der Waals surface area contributed by atoms with Crippen molar-refractivity contribution in [1.29, 1.82) is 0 Å². The summed E-state index contributed by atoms with van der Waals surface area (Å²) in [5.41, 5.74) is 4.31. The molecule has 1 saturated carbocycles. The van der Waals surface area contributed by atoms with Crippen LogP contribution in [-0.2, 0) is 6.54 Å². The van der Waals surface area contributed by atoms with Crippen LogP contribution in [0.2, 0.25) is 0 Å². The molecule has 82 valence electrons. The molecule has 0 bridgehead atoms. The highest BCUT2D eigenvalue weighted by Gasteiger charge is 2.34. The zero-order valence-electron chi connectivity index (χ0n) is 10.0. The molecule has 1 N–H and O–H groups in total. The van der Waals surface area contributed by atoms with Gasteiger partial charge in [-0.05, 0) is 42.9 Å². The van der Waals surface area contributed by atoms with Gasteiger partial charge in [-0.3, -0.25) is 0 Å². The third kappa shape index (κ3) is 2.40. The third-order valence-corrected chi connectivity index (χ3v) is 3.63. The van der Waals surface area contributed by atoms with E-state index in [0.717, 1.165) is 18.5 Å². The zero-order chi connectivity index (χ0) is 10.8. The quantitative estimate of drug-likeness (QED) is 0.792. The number of benzene rings is 1. The standard InChI is InChI=1S/C14H21N/c1-4-12-8-14(12)15-9-13-10(2)6-5-7-11(13)3/h5-7,12,14-15H,4,8-9H2,1-3H3. The molecule has 0 spiro atoms. The van der Waals surface area contributed by atoms with Gasteiger partial charge in [0.25, 0.3) is 0 Å². The van der Waals surface area contributed by atoms with Crippen LogP contribution in [0.25, 0.3) is 0 Å². The second-order valence-electron chi connectivity index (χ2n) is 4.76. The van der Waals surface area contributed by atoms with E-state index in [1.165, 1.54) is 29.5 Å². The molecule has 1 nitrogen and oxygen atoms in total. The highest BCUT2D eigenvalue weighted by molar-refractivity contribution is 5.33. The van der Waals surface area contributed by atoms with E-state index in [0.29, 0.717) is 0 Å². The molecule has 2 rings (SSSR count). The first-order chi connectivity index (χ1) is 7.22. The number of rotatable bonds is 4. The normalized spacial score (nSPS) is 24.2. The van der Waals surface area contributed by atoms with Gasteiger partial charge >= 0.3 is 0 Å². The molecule has 1 heteroatoms. The first-order valence-corrected chi connectivity index (χ1v) is 6.00. The number of nitrogens with one attached hydrogen (secondary N) is 1. The predicted molar refractivity (Wildman–Crippen MR) is 64.9 cm³/mol. The minimum atomic E-state index is 0.786. The van der Waals surface area contributed by atoms with Crippen LogP contribution < -0.4 is 5.32 Å². The predicted octanol–water partition coefficient (Wildman–Crippen LogP) is 3.19. The summed E-state index contributed by atoms with van der Waals surface area (Å²) in [6.45, 7) is 7.73. The molecule has 1 fully saturated rings. The van der Waals surface area contributed by atoms with Crippen LogP contribution in [0, 0.1) is 19.8 Å². The summed E-state index contributed by atoms with van der Waals surface area (Å²) in [5, 5.41) is 3.66. The monoisotopic (exact) mass is 203 g/mol. The van der Waals surface area contributed by atoms with E-state index in [-0.39, 0.29) is 0 Å². The Balaban J connectivity index is 1.94. The average Bonchev–Trinajstić information content (AvgIpc) is 2.96. The highest BCUT2D eigenvalue weighted by Crippen LogP contribution is 2.33. The first-order valence-electron chi connectivity index (χ1n) is 6.00. The van der Waals surface area contributed by atoms with Gasteiger partial charge < -0.3 is 5.32 Å². The fraction of sp³-hybridized carbons (Fsp3) is 0.571. The topological polar surface area (TPSA) is 12.0 Å². The highest BCUT2D eigenvalue weighted by atomic mass is 15.0. The van der Waals surface area contributed by atoms with E-state index in [2.05, 4.69) is 44.3 Å². The molecular weight excluding hydrogens is 182 g/mol. The second-order valence-corrected chi connectivity index (χ2v) is 4.76. The molecule has 2 unspecified atom stereocenters. The third-order valence-electron chi connectivity index (χ3n) is 3.63. The number of hydrogen-bond donors (Lipinski definition) is 1. The van der Waals surface area contributed by atoms with Crippen LogP contribution in [-0.4, -0.2) is 6.04 Å². The Bertz CT molecular complexity index is 323. The molecule has 1 aromatic rings. The molecule has 0 saturated heterocycles. The van der Waals surface area contributed by atoms with Crippen molar-refractivity contribution in [2.75, 3.05) is 0 Å². The van der Waals surface area contributed by atoms with Gasteiger partial charge in [0, 0.05) is 12.6 Å². The van der Waals surface area contributed by atoms with Crippen LogP contribution in [0.1, 0.15) is 36.5 Å². The van der Waals surface area contributed by atoms with Crippen molar-refractivity contribution in [3.8, 4) is 0 Å². The lowest BCUT2D eigenvalue weighted by molar-refractivity contribution is 0.620. The van der Waals surface area contributed by atoms with Crippen molar-refractivity contribution in [2.45, 2.75) is 46.2 Å². The summed E-state index contributed by atoms with van der Waals surface area (Å²) in [6.07, 6.45) is 2.70. The molecule has 0 aliphatic heterocycles. The van der Waals surface area contributed by atoms with Crippen LogP contribution in [0.3, 0.4) is 0 Å². The van der Waals surface area contributed by atoms with E-state index < -0.39 is 0 Å². The summed E-state index contributed by atoms with van der Waals surface area (Å²) in [6, 6.07) is 7.33. The van der Waals surface area contributed by atoms with E-state index in [1.54, 1.807) is 0 Å². The molecule has 1 aromatic carbocycles. The van der Waals surface area contributed by atoms with Gasteiger partial charge in [0.05, 0.1) is 0 Å². The van der Waals surface area contributed by atoms with Gasteiger partial charge in [-0.2, -0.15) is 0 Å². The fourth-order valence-corrected chi connectivity index (χ4v) is 2.31. The van der Waals surface area contributed by atoms with E-state index in [1.807, 2.05) is 0 Å². The smallest absolute Gasteiger partial charge is 0.0213 e. The molecule has 0 aromatic heterocycles. The Morgan fingerprint density at radius 2 is 1.93 bits per heavy atom. The maximum absolute atomic E-state index is 3.66. The molecule has 0 radical (unpaired) electrons. The lowest BCUT2D eigenvalue weighted by Gasteiger charge is -2.10. The van der Waals surface area contributed by atoms with Gasteiger partial charge in [0.15, 0.2) is 0 Å². The zero-order valence-corrected chi connectivity index (χ0v) is 10.0. The van der Waals surface area contributed by atoms with Crippen molar-refractivity contribution in [3.63, 3.8) is 0 Å². The van der Waals surface area contributed by atoms with Gasteiger partial charge in [0.1, 0.15) is 0 Å². The first kappa shape index (κ1) is 10.7. The Labute approximate surface area is 92.9 Å². The Kier molecular flexibility index (Phi) is 3.11. The van der Waals surface area contributed by atoms with Crippen molar-refractivity contribution < 1.29 is 0 Å². The largest absolute Gasteiger partial charge is 0.310 e. The van der Waals surface area contributed by atoms with Crippen molar-refractivity contribution >= 4 is 0 Å². The molecule has 2 atom stereocenters. The summed E-state index contributed by atoms with van der Waals surface area (Å²) in [5.74, 6) is 0.939. The summed E-state index contributed by atoms with van der Waals surface area (Å²) in [7, 11) is 0. The molecular formula is C14H21N. The SMILES string of the molecule is CCC1CC1NCc1c(C)cccc1C. The molecule has 1 aliphatic carbocycles. The Morgan fingerprint density at radius 3 is 2.47 bits per heavy atom. The molecule has 0 amide bonds. The second kappa shape index (κ2) is 4.36. The average molecular weight is 203 g/mol.